The molecule has 3 aromatic rings. The lowest BCUT2D eigenvalue weighted by atomic mass is 10.2. The Hall–Kier alpha value is -1.80. The third kappa shape index (κ3) is 5.35. The molecule has 0 bridgehead atoms. The number of nitrogens with one attached hydrogen (secondary N) is 2. The van der Waals surface area contributed by atoms with Crippen LogP contribution in [0.4, 0.5) is 16.5 Å². The Morgan fingerprint density at radius 3 is 2.78 bits per heavy atom. The summed E-state index contributed by atoms with van der Waals surface area (Å²) in [6.07, 6.45) is 0. The second-order valence-electron chi connectivity index (χ2n) is 5.76. The molecule has 0 saturated heterocycles. The van der Waals surface area contributed by atoms with Crippen LogP contribution in [-0.4, -0.2) is 21.9 Å². The third-order valence-electron chi connectivity index (χ3n) is 3.55. The maximum absolute atomic E-state index is 12.2. The molecule has 1 heterocycles. The second kappa shape index (κ2) is 8.93. The number of anilines is 3. The largest absolute Gasteiger partial charge is 0.330 e. The van der Waals surface area contributed by atoms with E-state index in [0.717, 1.165) is 16.8 Å². The molecule has 0 unspecified atom stereocenters. The maximum Gasteiger partial charge on any atom is 0.234 e. The van der Waals surface area contributed by atoms with Crippen molar-refractivity contribution in [3.05, 3.63) is 57.6 Å². The van der Waals surface area contributed by atoms with Crippen LogP contribution in [0.5, 0.6) is 0 Å². The van der Waals surface area contributed by atoms with Crippen molar-refractivity contribution >= 4 is 68.7 Å². The highest BCUT2D eigenvalue weighted by Gasteiger charge is 2.13. The minimum absolute atomic E-state index is 0.180. The summed E-state index contributed by atoms with van der Waals surface area (Å²) in [5.41, 5.74) is 3.39. The number of rotatable bonds is 6. The fourth-order valence-electron chi connectivity index (χ4n) is 2.24. The first-order valence-corrected chi connectivity index (χ1v) is 10.5. The Bertz CT molecular complexity index is 978. The summed E-state index contributed by atoms with van der Waals surface area (Å²) in [4.78, 5) is 12.2. The van der Waals surface area contributed by atoms with E-state index in [-0.39, 0.29) is 11.7 Å². The lowest BCUT2D eigenvalue weighted by Gasteiger charge is -2.10. The van der Waals surface area contributed by atoms with E-state index < -0.39 is 0 Å². The normalized spacial score (nSPS) is 10.7. The molecule has 27 heavy (non-hydrogen) atoms. The van der Waals surface area contributed by atoms with Gasteiger partial charge in [-0.25, -0.2) is 0 Å². The summed E-state index contributed by atoms with van der Waals surface area (Å²) in [6.45, 7) is 3.88. The van der Waals surface area contributed by atoms with Gasteiger partial charge in [-0.3, -0.25) is 4.79 Å². The van der Waals surface area contributed by atoms with E-state index in [4.69, 9.17) is 23.2 Å². The van der Waals surface area contributed by atoms with Crippen molar-refractivity contribution in [2.24, 2.45) is 0 Å². The number of amides is 1. The average Bonchev–Trinajstić information content (AvgIpc) is 3.08. The summed E-state index contributed by atoms with van der Waals surface area (Å²) >= 11 is 15.0. The summed E-state index contributed by atoms with van der Waals surface area (Å²) in [5.74, 6) is -0.0301. The lowest BCUT2D eigenvalue weighted by molar-refractivity contribution is -0.113. The first-order chi connectivity index (χ1) is 12.9. The molecule has 0 radical (unpaired) electrons. The molecule has 3 rings (SSSR count). The minimum atomic E-state index is -0.210. The highest BCUT2D eigenvalue weighted by molar-refractivity contribution is 8.01. The van der Waals surface area contributed by atoms with Gasteiger partial charge >= 0.3 is 0 Å². The van der Waals surface area contributed by atoms with Gasteiger partial charge in [-0.15, -0.1) is 10.2 Å². The molecule has 1 amide bonds. The van der Waals surface area contributed by atoms with Gasteiger partial charge in [0.05, 0.1) is 21.5 Å². The zero-order valence-electron chi connectivity index (χ0n) is 14.5. The van der Waals surface area contributed by atoms with Gasteiger partial charge in [-0.2, -0.15) is 0 Å². The van der Waals surface area contributed by atoms with E-state index in [9.17, 15) is 4.79 Å². The lowest BCUT2D eigenvalue weighted by Crippen LogP contribution is -2.14. The number of benzene rings is 2. The topological polar surface area (TPSA) is 66.9 Å². The number of halogens is 2. The number of hydrogen-bond acceptors (Lipinski definition) is 6. The van der Waals surface area contributed by atoms with Crippen LogP contribution in [0.1, 0.15) is 11.1 Å². The van der Waals surface area contributed by atoms with E-state index >= 15 is 0 Å². The van der Waals surface area contributed by atoms with Crippen LogP contribution in [0.25, 0.3) is 0 Å². The molecule has 0 aliphatic rings. The van der Waals surface area contributed by atoms with Gasteiger partial charge in [0.2, 0.25) is 11.0 Å². The summed E-state index contributed by atoms with van der Waals surface area (Å²) in [6, 6.07) is 11.5. The monoisotopic (exact) mass is 438 g/mol. The molecule has 0 spiro atoms. The van der Waals surface area contributed by atoms with Gasteiger partial charge in [0.1, 0.15) is 0 Å². The summed E-state index contributed by atoms with van der Waals surface area (Å²) in [7, 11) is 0. The number of carbonyl (C=O) groups is 1. The molecular formula is C18H16Cl2N4OS2. The molecule has 0 aliphatic heterocycles. The van der Waals surface area contributed by atoms with E-state index in [1.165, 1.54) is 23.1 Å². The van der Waals surface area contributed by atoms with Crippen LogP contribution >= 0.6 is 46.3 Å². The Balaban J connectivity index is 1.57. The predicted molar refractivity (Wildman–Crippen MR) is 115 cm³/mol. The van der Waals surface area contributed by atoms with Crippen LogP contribution in [-0.2, 0) is 4.79 Å². The highest BCUT2D eigenvalue weighted by Crippen LogP contribution is 2.33. The van der Waals surface area contributed by atoms with Crippen LogP contribution in [0.3, 0.4) is 0 Å². The van der Waals surface area contributed by atoms with Crippen LogP contribution in [0.2, 0.25) is 10.0 Å². The van der Waals surface area contributed by atoms with Crippen LogP contribution < -0.4 is 10.6 Å². The van der Waals surface area contributed by atoms with Crippen molar-refractivity contribution in [2.75, 3.05) is 16.4 Å². The molecule has 9 heteroatoms. The molecule has 1 aromatic heterocycles. The standard InChI is InChI=1S/C18H16Cl2N4OS2/c1-10-4-3-5-12(8-10)21-17-23-24-18(27-17)26-9-14(25)22-16-13(19)7-6-11(2)15(16)20/h3-8H,9H2,1-2H3,(H,21,23)(H,22,25). The molecule has 2 aromatic carbocycles. The molecule has 0 aliphatic carbocycles. The zero-order chi connectivity index (χ0) is 19.4. The van der Waals surface area contributed by atoms with Gasteiger partial charge in [-0.1, -0.05) is 64.5 Å². The number of carbonyl (C=O) groups excluding carboxylic acids is 1. The highest BCUT2D eigenvalue weighted by atomic mass is 35.5. The number of nitrogens with zero attached hydrogens (tertiary/aromatic N) is 2. The Kier molecular flexibility index (Phi) is 6.59. The summed E-state index contributed by atoms with van der Waals surface area (Å²) < 4.78 is 0.696. The molecule has 140 valence electrons. The van der Waals surface area contributed by atoms with Gasteiger partial charge in [0.25, 0.3) is 0 Å². The first kappa shape index (κ1) is 19.9. The molecule has 0 fully saturated rings. The number of aryl methyl sites for hydroxylation is 2. The molecular weight excluding hydrogens is 423 g/mol. The smallest absolute Gasteiger partial charge is 0.234 e. The van der Waals surface area contributed by atoms with Crippen molar-refractivity contribution in [3.8, 4) is 0 Å². The Morgan fingerprint density at radius 1 is 1.19 bits per heavy atom. The molecule has 0 atom stereocenters. The van der Waals surface area contributed by atoms with E-state index in [0.29, 0.717) is 25.2 Å². The Labute approximate surface area is 175 Å². The van der Waals surface area contributed by atoms with Crippen LogP contribution in [0, 0.1) is 13.8 Å². The summed E-state index contributed by atoms with van der Waals surface area (Å²) in [5, 5.41) is 15.7. The van der Waals surface area contributed by atoms with Crippen molar-refractivity contribution in [1.82, 2.24) is 10.2 Å². The van der Waals surface area contributed by atoms with Crippen molar-refractivity contribution in [3.63, 3.8) is 0 Å². The molecule has 0 saturated carbocycles. The number of aromatic nitrogens is 2. The van der Waals surface area contributed by atoms with E-state index in [1.807, 2.05) is 38.1 Å². The maximum atomic E-state index is 12.2. The predicted octanol–water partition coefficient (Wildman–Crippen LogP) is 5.94. The quantitative estimate of drug-likeness (QED) is 0.466. The first-order valence-electron chi connectivity index (χ1n) is 7.97. The third-order valence-corrected chi connectivity index (χ3v) is 6.33. The number of hydrogen-bond donors (Lipinski definition) is 2. The van der Waals surface area contributed by atoms with Crippen molar-refractivity contribution in [1.29, 1.82) is 0 Å². The second-order valence-corrected chi connectivity index (χ2v) is 8.74. The number of thioether (sulfide) groups is 1. The fourth-order valence-corrected chi connectivity index (χ4v) is 4.28. The van der Waals surface area contributed by atoms with Gasteiger partial charge in [0, 0.05) is 5.69 Å². The fraction of sp³-hybridized carbons (Fsp3) is 0.167. The molecule has 5 nitrogen and oxygen atoms in total. The van der Waals surface area contributed by atoms with Crippen LogP contribution in [0.15, 0.2) is 40.7 Å². The van der Waals surface area contributed by atoms with Crippen molar-refractivity contribution in [2.45, 2.75) is 18.2 Å². The van der Waals surface area contributed by atoms with Gasteiger partial charge in [0.15, 0.2) is 4.34 Å². The van der Waals surface area contributed by atoms with E-state index in [1.54, 1.807) is 12.1 Å². The van der Waals surface area contributed by atoms with Gasteiger partial charge in [-0.05, 0) is 43.2 Å². The minimum Gasteiger partial charge on any atom is -0.330 e. The van der Waals surface area contributed by atoms with Crippen molar-refractivity contribution < 1.29 is 4.79 Å². The Morgan fingerprint density at radius 2 is 2.00 bits per heavy atom. The molecule has 2 N–H and O–H groups in total. The van der Waals surface area contributed by atoms with Gasteiger partial charge < -0.3 is 10.6 Å². The average molecular weight is 439 g/mol. The SMILES string of the molecule is Cc1cccc(Nc2nnc(SCC(=O)Nc3c(Cl)ccc(C)c3Cl)s2)c1. The van der Waals surface area contributed by atoms with E-state index in [2.05, 4.69) is 20.8 Å². The zero-order valence-corrected chi connectivity index (χ0v) is 17.7.